The summed E-state index contributed by atoms with van der Waals surface area (Å²) in [5.74, 6) is -2.48. The Balaban J connectivity index is 1.55. The van der Waals surface area contributed by atoms with Gasteiger partial charge in [-0.15, -0.1) is 13.2 Å². The van der Waals surface area contributed by atoms with Gasteiger partial charge < -0.3 is 24.4 Å². The molecule has 13 nitrogen and oxygen atoms in total. The Kier molecular flexibility index (Phi) is 12.5. The van der Waals surface area contributed by atoms with E-state index in [1.165, 1.54) is 36.3 Å². The predicted molar refractivity (Wildman–Crippen MR) is 174 cm³/mol. The summed E-state index contributed by atoms with van der Waals surface area (Å²) in [7, 11) is 1.25. The quantitative estimate of drug-likeness (QED) is 0.0580. The van der Waals surface area contributed by atoms with Crippen LogP contribution in [0.15, 0.2) is 49.6 Å². The van der Waals surface area contributed by atoms with Crippen LogP contribution in [0.4, 0.5) is 10.5 Å². The van der Waals surface area contributed by atoms with E-state index in [4.69, 9.17) is 14.2 Å². The molecule has 1 saturated heterocycles. The van der Waals surface area contributed by atoms with Gasteiger partial charge in [0.15, 0.2) is 5.78 Å². The number of hydrogen-bond donors (Lipinski definition) is 1. The maximum absolute atomic E-state index is 14.2. The standard InChI is InChI=1S/C35H45N3O10/c1-4-6-7-8-9-14-28(36-34(43)48-26-12-10-11-13-26)31(40)37-22-27(47-32(41)23-15-17-25(18-16-23)38(44)45)19-29(37)30(39)21-35(33(42)46-3)20-24(35)5-2/h4-5,15-18,24,26-29H,1-2,6-14,19-22H2,3H3,(H,36,43)/t24-,27+,28+,29+,35-/m1/s1. The van der Waals surface area contributed by atoms with Gasteiger partial charge in [-0.3, -0.25) is 24.5 Å². The zero-order valence-corrected chi connectivity index (χ0v) is 27.4. The fourth-order valence-electron chi connectivity index (χ4n) is 6.76. The number of esters is 2. The average molecular weight is 668 g/mol. The van der Waals surface area contributed by atoms with Crippen molar-refractivity contribution >= 4 is 35.4 Å². The summed E-state index contributed by atoms with van der Waals surface area (Å²) in [6.07, 6.45) is 8.58. The van der Waals surface area contributed by atoms with Gasteiger partial charge in [0.25, 0.3) is 5.69 Å². The molecule has 4 rings (SSSR count). The van der Waals surface area contributed by atoms with Gasteiger partial charge in [-0.2, -0.15) is 0 Å². The molecule has 260 valence electrons. The highest BCUT2D eigenvalue weighted by Crippen LogP contribution is 2.57. The van der Waals surface area contributed by atoms with Crippen LogP contribution in [0.3, 0.4) is 0 Å². The molecular weight excluding hydrogens is 622 g/mol. The molecule has 1 aliphatic heterocycles. The Bertz CT molecular complexity index is 1390. The first-order valence-electron chi connectivity index (χ1n) is 16.6. The lowest BCUT2D eigenvalue weighted by Crippen LogP contribution is -2.52. The minimum absolute atomic E-state index is 0.0299. The van der Waals surface area contributed by atoms with Crippen LogP contribution in [0.5, 0.6) is 0 Å². The molecule has 5 atom stereocenters. The second-order valence-corrected chi connectivity index (χ2v) is 12.8. The molecule has 1 N–H and O–H groups in total. The van der Waals surface area contributed by atoms with Gasteiger partial charge in [0.1, 0.15) is 18.2 Å². The van der Waals surface area contributed by atoms with E-state index in [1.807, 2.05) is 6.08 Å². The Morgan fingerprint density at radius 2 is 1.77 bits per heavy atom. The lowest BCUT2D eigenvalue weighted by molar-refractivity contribution is -0.384. The summed E-state index contributed by atoms with van der Waals surface area (Å²) in [6.45, 7) is 7.38. The van der Waals surface area contributed by atoms with Crippen molar-refractivity contribution in [3.63, 3.8) is 0 Å². The monoisotopic (exact) mass is 667 g/mol. The van der Waals surface area contributed by atoms with Gasteiger partial charge in [0.2, 0.25) is 5.91 Å². The number of likely N-dealkylation sites (tertiary alicyclic amines) is 1. The van der Waals surface area contributed by atoms with Crippen LogP contribution < -0.4 is 5.32 Å². The minimum Gasteiger partial charge on any atom is -0.469 e. The van der Waals surface area contributed by atoms with Crippen LogP contribution in [-0.2, 0) is 28.6 Å². The van der Waals surface area contributed by atoms with E-state index in [-0.39, 0.29) is 42.7 Å². The second-order valence-electron chi connectivity index (χ2n) is 12.8. The molecular formula is C35H45N3O10. The Morgan fingerprint density at radius 1 is 1.06 bits per heavy atom. The van der Waals surface area contributed by atoms with Crippen LogP contribution in [0.2, 0.25) is 0 Å². The molecule has 0 bridgehead atoms. The first-order chi connectivity index (χ1) is 23.0. The molecule has 2 aliphatic carbocycles. The summed E-state index contributed by atoms with van der Waals surface area (Å²) in [6, 6.07) is 2.86. The van der Waals surface area contributed by atoms with Crippen molar-refractivity contribution in [1.82, 2.24) is 10.2 Å². The van der Waals surface area contributed by atoms with Gasteiger partial charge in [-0.25, -0.2) is 9.59 Å². The number of benzene rings is 1. The van der Waals surface area contributed by atoms with E-state index in [1.54, 1.807) is 6.08 Å². The third-order valence-corrected chi connectivity index (χ3v) is 9.57. The van der Waals surface area contributed by atoms with Crippen molar-refractivity contribution in [1.29, 1.82) is 0 Å². The van der Waals surface area contributed by atoms with Crippen molar-refractivity contribution < 1.29 is 43.1 Å². The third kappa shape index (κ3) is 8.87. The summed E-state index contributed by atoms with van der Waals surface area (Å²) in [4.78, 5) is 78.6. The van der Waals surface area contributed by atoms with Gasteiger partial charge in [-0.05, 0) is 69.4 Å². The highest BCUT2D eigenvalue weighted by molar-refractivity contribution is 5.96. The van der Waals surface area contributed by atoms with Crippen LogP contribution in [0, 0.1) is 21.4 Å². The van der Waals surface area contributed by atoms with E-state index in [0.29, 0.717) is 19.3 Å². The zero-order chi connectivity index (χ0) is 34.8. The number of rotatable bonds is 17. The van der Waals surface area contributed by atoms with Crippen molar-refractivity contribution in [2.24, 2.45) is 11.3 Å². The highest BCUT2D eigenvalue weighted by atomic mass is 16.6. The Labute approximate surface area is 280 Å². The van der Waals surface area contributed by atoms with Gasteiger partial charge in [-0.1, -0.05) is 25.0 Å². The fraction of sp³-hybridized carbons (Fsp3) is 0.571. The maximum atomic E-state index is 14.2. The molecule has 1 aromatic rings. The number of carbonyl (C=O) groups excluding carboxylic acids is 5. The number of amides is 2. The van der Waals surface area contributed by atoms with E-state index >= 15 is 0 Å². The molecule has 1 aromatic carbocycles. The van der Waals surface area contributed by atoms with E-state index in [2.05, 4.69) is 18.5 Å². The number of nitro groups is 1. The molecule has 2 saturated carbocycles. The van der Waals surface area contributed by atoms with Crippen molar-refractivity contribution in [2.45, 2.75) is 101 Å². The number of allylic oxidation sites excluding steroid dienone is 2. The van der Waals surface area contributed by atoms with E-state index in [0.717, 1.165) is 44.9 Å². The average Bonchev–Trinajstić information content (AvgIpc) is 3.35. The highest BCUT2D eigenvalue weighted by Gasteiger charge is 2.61. The van der Waals surface area contributed by atoms with Crippen LogP contribution >= 0.6 is 0 Å². The molecule has 1 heterocycles. The Hall–Kier alpha value is -4.55. The predicted octanol–water partition coefficient (Wildman–Crippen LogP) is 5.22. The smallest absolute Gasteiger partial charge is 0.408 e. The van der Waals surface area contributed by atoms with Gasteiger partial charge in [0, 0.05) is 25.0 Å². The molecule has 0 radical (unpaired) electrons. The third-order valence-electron chi connectivity index (χ3n) is 9.57. The summed E-state index contributed by atoms with van der Waals surface area (Å²) in [5.41, 5.74) is -1.20. The van der Waals surface area contributed by atoms with Gasteiger partial charge in [0.05, 0.1) is 35.6 Å². The normalized spacial score (nSPS) is 23.9. The molecule has 3 fully saturated rings. The summed E-state index contributed by atoms with van der Waals surface area (Å²) in [5, 5.41) is 13.8. The van der Waals surface area contributed by atoms with Crippen LogP contribution in [0.25, 0.3) is 0 Å². The van der Waals surface area contributed by atoms with Crippen molar-refractivity contribution in [3.8, 4) is 0 Å². The van der Waals surface area contributed by atoms with Crippen LogP contribution in [0.1, 0.15) is 87.4 Å². The number of unbranched alkanes of at least 4 members (excludes halogenated alkanes) is 3. The first kappa shape index (κ1) is 36.3. The molecule has 13 heteroatoms. The number of carbonyl (C=O) groups is 5. The largest absolute Gasteiger partial charge is 0.469 e. The zero-order valence-electron chi connectivity index (χ0n) is 27.4. The number of hydrogen-bond acceptors (Lipinski definition) is 10. The number of ether oxygens (including phenoxy) is 3. The lowest BCUT2D eigenvalue weighted by Gasteiger charge is -2.29. The molecule has 3 aliphatic rings. The van der Waals surface area contributed by atoms with Crippen molar-refractivity contribution in [2.75, 3.05) is 13.7 Å². The number of Topliss-reactive ketones (excluding diaryl/α,β-unsaturated/α-hetero) is 1. The minimum atomic E-state index is -1.08. The number of nitrogens with one attached hydrogen (secondary N) is 1. The summed E-state index contributed by atoms with van der Waals surface area (Å²) < 4.78 is 16.3. The SMILES string of the molecule is C=CCCCCC[C@H](NC(=O)OC1CCCC1)C(=O)N1C[C@@H](OC(=O)c2ccc([N+](=O)[O-])cc2)C[C@H]1C(=O)C[C@]1(C(=O)OC)C[C@H]1C=C. The molecule has 0 unspecified atom stereocenters. The maximum Gasteiger partial charge on any atom is 0.408 e. The molecule has 0 spiro atoms. The lowest BCUT2D eigenvalue weighted by atomic mass is 9.92. The number of nitrogens with zero attached hydrogens (tertiary/aromatic N) is 2. The van der Waals surface area contributed by atoms with E-state index in [9.17, 15) is 34.1 Å². The van der Waals surface area contributed by atoms with Gasteiger partial charge >= 0.3 is 18.0 Å². The molecule has 0 aromatic heterocycles. The number of ketones is 1. The number of nitro benzene ring substituents is 1. The van der Waals surface area contributed by atoms with Crippen molar-refractivity contribution in [3.05, 3.63) is 65.3 Å². The number of methoxy groups -OCH3 is 1. The fourth-order valence-corrected chi connectivity index (χ4v) is 6.76. The van der Waals surface area contributed by atoms with E-state index < -0.39 is 58.2 Å². The van der Waals surface area contributed by atoms with Crippen LogP contribution in [-0.4, -0.2) is 77.5 Å². The number of non-ortho nitro benzene ring substituents is 1. The molecule has 48 heavy (non-hydrogen) atoms. The summed E-state index contributed by atoms with van der Waals surface area (Å²) >= 11 is 0. The Morgan fingerprint density at radius 3 is 2.38 bits per heavy atom. The number of alkyl carbamates (subject to hydrolysis) is 1. The second kappa shape index (κ2) is 16.5. The molecule has 2 amide bonds. The first-order valence-corrected chi connectivity index (χ1v) is 16.6. The topological polar surface area (TPSA) is 171 Å².